The van der Waals surface area contributed by atoms with E-state index in [4.69, 9.17) is 12.2 Å². The van der Waals surface area contributed by atoms with Crippen LogP contribution in [0.15, 0.2) is 12.2 Å². The molecule has 1 aliphatic heterocycles. The van der Waals surface area contributed by atoms with Gasteiger partial charge in [0.15, 0.2) is 0 Å². The van der Waals surface area contributed by atoms with E-state index in [-0.39, 0.29) is 0 Å². The van der Waals surface area contributed by atoms with Gasteiger partial charge in [-0.15, -0.1) is 0 Å². The van der Waals surface area contributed by atoms with Gasteiger partial charge in [0.25, 0.3) is 0 Å². The number of piperidine rings is 1. The van der Waals surface area contributed by atoms with Crippen LogP contribution in [-0.2, 0) is 0 Å². The molecule has 0 saturated carbocycles. The average molecular weight is 239 g/mol. The highest BCUT2D eigenvalue weighted by Gasteiger charge is 2.27. The summed E-state index contributed by atoms with van der Waals surface area (Å²) < 4.78 is 0. The fourth-order valence-electron chi connectivity index (χ4n) is 2.38. The highest BCUT2D eigenvalue weighted by Crippen LogP contribution is 2.28. The van der Waals surface area contributed by atoms with E-state index < -0.39 is 0 Å². The summed E-state index contributed by atoms with van der Waals surface area (Å²) in [5.41, 5.74) is 1.38. The van der Waals surface area contributed by atoms with Crippen LogP contribution in [0.5, 0.6) is 0 Å². The maximum atomic E-state index is 5.53. The van der Waals surface area contributed by atoms with Crippen molar-refractivity contribution in [2.45, 2.75) is 34.1 Å². The lowest BCUT2D eigenvalue weighted by Gasteiger charge is -2.34. The van der Waals surface area contributed by atoms with Gasteiger partial charge < -0.3 is 5.32 Å². The van der Waals surface area contributed by atoms with Crippen LogP contribution in [0.1, 0.15) is 34.1 Å². The van der Waals surface area contributed by atoms with E-state index in [2.05, 4.69) is 39.6 Å². The fraction of sp³-hybridized carbons (Fsp3) is 0.786. The molecule has 1 heterocycles. The van der Waals surface area contributed by atoms with E-state index in [1.807, 2.05) is 0 Å². The Labute approximate surface area is 106 Å². The zero-order valence-electron chi connectivity index (χ0n) is 11.0. The molecule has 1 saturated heterocycles. The summed E-state index contributed by atoms with van der Waals surface area (Å²) in [6, 6.07) is 0. The first kappa shape index (κ1) is 13.9. The topological polar surface area (TPSA) is 12.0 Å². The molecule has 0 aliphatic carbocycles. The van der Waals surface area contributed by atoms with E-state index in [1.165, 1.54) is 16.9 Å². The van der Waals surface area contributed by atoms with Gasteiger partial charge in [0.05, 0.1) is 0 Å². The van der Waals surface area contributed by atoms with Crippen LogP contribution in [0.3, 0.4) is 0 Å². The SMILES string of the molecule is C=C(C(C)C)C1CNCC(C(=S)C(C)C)C1. The Morgan fingerprint density at radius 2 is 1.69 bits per heavy atom. The van der Waals surface area contributed by atoms with Crippen LogP contribution in [0, 0.1) is 23.7 Å². The van der Waals surface area contributed by atoms with Gasteiger partial charge in [-0.2, -0.15) is 0 Å². The lowest BCUT2D eigenvalue weighted by atomic mass is 9.79. The van der Waals surface area contributed by atoms with Crippen molar-refractivity contribution in [3.63, 3.8) is 0 Å². The van der Waals surface area contributed by atoms with Gasteiger partial charge in [-0.25, -0.2) is 0 Å². The van der Waals surface area contributed by atoms with E-state index in [1.54, 1.807) is 0 Å². The van der Waals surface area contributed by atoms with Gasteiger partial charge in [-0.05, 0) is 29.0 Å². The second kappa shape index (κ2) is 5.92. The summed E-state index contributed by atoms with van der Waals surface area (Å²) >= 11 is 5.53. The number of nitrogens with one attached hydrogen (secondary N) is 1. The molecular weight excluding hydrogens is 214 g/mol. The minimum absolute atomic E-state index is 0.521. The molecule has 0 bridgehead atoms. The molecular formula is C14H25NS. The molecule has 0 aromatic carbocycles. The Bertz CT molecular complexity index is 242. The number of hydrogen-bond acceptors (Lipinski definition) is 2. The summed E-state index contributed by atoms with van der Waals surface area (Å²) in [6.07, 6.45) is 1.20. The molecule has 0 amide bonds. The molecule has 16 heavy (non-hydrogen) atoms. The van der Waals surface area contributed by atoms with Crippen molar-refractivity contribution < 1.29 is 0 Å². The molecule has 92 valence electrons. The minimum Gasteiger partial charge on any atom is -0.316 e. The molecule has 2 unspecified atom stereocenters. The summed E-state index contributed by atoms with van der Waals surface area (Å²) in [4.78, 5) is 1.23. The first-order valence-electron chi connectivity index (χ1n) is 6.36. The quantitative estimate of drug-likeness (QED) is 0.596. The standard InChI is InChI=1S/C14H25NS/c1-9(2)11(5)12-6-13(8-15-7-12)14(16)10(3)4/h9-10,12-13,15H,5-8H2,1-4H3. The van der Waals surface area contributed by atoms with Crippen LogP contribution in [0.4, 0.5) is 0 Å². The van der Waals surface area contributed by atoms with Crippen LogP contribution in [-0.4, -0.2) is 18.0 Å². The smallest absolute Gasteiger partial charge is 0.00359 e. The van der Waals surface area contributed by atoms with E-state index in [0.717, 1.165) is 13.1 Å². The zero-order valence-corrected chi connectivity index (χ0v) is 11.9. The lowest BCUT2D eigenvalue weighted by molar-refractivity contribution is 0.356. The second-order valence-electron chi connectivity index (χ2n) is 5.57. The van der Waals surface area contributed by atoms with Crippen molar-refractivity contribution in [3.8, 4) is 0 Å². The van der Waals surface area contributed by atoms with E-state index >= 15 is 0 Å². The number of thiocarbonyl (C=S) groups is 1. The number of rotatable bonds is 4. The second-order valence-corrected chi connectivity index (χ2v) is 6.05. The van der Waals surface area contributed by atoms with Gasteiger partial charge in [0.1, 0.15) is 0 Å². The molecule has 1 nitrogen and oxygen atoms in total. The molecule has 1 aliphatic rings. The molecule has 1 fully saturated rings. The monoisotopic (exact) mass is 239 g/mol. The van der Waals surface area contributed by atoms with Gasteiger partial charge >= 0.3 is 0 Å². The molecule has 2 heteroatoms. The van der Waals surface area contributed by atoms with Crippen molar-refractivity contribution in [3.05, 3.63) is 12.2 Å². The van der Waals surface area contributed by atoms with Crippen LogP contribution in [0.25, 0.3) is 0 Å². The third-order valence-electron chi connectivity index (χ3n) is 3.59. The normalized spacial score (nSPS) is 26.1. The van der Waals surface area contributed by atoms with Crippen molar-refractivity contribution in [2.24, 2.45) is 23.7 Å². The summed E-state index contributed by atoms with van der Waals surface area (Å²) in [5, 5.41) is 3.51. The third kappa shape index (κ3) is 3.39. The van der Waals surface area contributed by atoms with Crippen LogP contribution >= 0.6 is 12.2 Å². The summed E-state index contributed by atoms with van der Waals surface area (Å²) in [7, 11) is 0. The maximum Gasteiger partial charge on any atom is 0.00359 e. The van der Waals surface area contributed by atoms with Crippen molar-refractivity contribution in [1.29, 1.82) is 0 Å². The number of hydrogen-bond donors (Lipinski definition) is 1. The lowest BCUT2D eigenvalue weighted by Crippen LogP contribution is -2.41. The van der Waals surface area contributed by atoms with Crippen molar-refractivity contribution in [1.82, 2.24) is 5.32 Å². The first-order chi connectivity index (χ1) is 7.43. The molecule has 0 radical (unpaired) electrons. The van der Waals surface area contributed by atoms with Crippen molar-refractivity contribution >= 4 is 17.1 Å². The predicted octanol–water partition coefficient (Wildman–Crippen LogP) is 3.45. The highest BCUT2D eigenvalue weighted by atomic mass is 32.1. The fourth-order valence-corrected chi connectivity index (χ4v) is 2.56. The molecule has 0 spiro atoms. The molecule has 1 N–H and O–H groups in total. The summed E-state index contributed by atoms with van der Waals surface area (Å²) in [5.74, 6) is 2.27. The predicted molar refractivity (Wildman–Crippen MR) is 75.9 cm³/mol. The van der Waals surface area contributed by atoms with E-state index in [9.17, 15) is 0 Å². The maximum absolute atomic E-state index is 5.53. The third-order valence-corrected chi connectivity index (χ3v) is 4.39. The van der Waals surface area contributed by atoms with Crippen molar-refractivity contribution in [2.75, 3.05) is 13.1 Å². The molecule has 0 aromatic rings. The Balaban J connectivity index is 2.60. The average Bonchev–Trinajstić information content (AvgIpc) is 2.26. The molecule has 1 rings (SSSR count). The Hall–Kier alpha value is -0.210. The summed E-state index contributed by atoms with van der Waals surface area (Å²) in [6.45, 7) is 15.2. The Kier molecular flexibility index (Phi) is 5.13. The van der Waals surface area contributed by atoms with Gasteiger partial charge in [0.2, 0.25) is 0 Å². The van der Waals surface area contributed by atoms with E-state index in [0.29, 0.717) is 23.7 Å². The Morgan fingerprint density at radius 1 is 1.12 bits per heavy atom. The molecule has 0 aromatic heterocycles. The van der Waals surface area contributed by atoms with Gasteiger partial charge in [0, 0.05) is 19.0 Å². The first-order valence-corrected chi connectivity index (χ1v) is 6.77. The Morgan fingerprint density at radius 3 is 2.19 bits per heavy atom. The van der Waals surface area contributed by atoms with Gasteiger partial charge in [-0.3, -0.25) is 0 Å². The zero-order chi connectivity index (χ0) is 12.3. The largest absolute Gasteiger partial charge is 0.316 e. The van der Waals surface area contributed by atoms with Gasteiger partial charge in [-0.1, -0.05) is 52.1 Å². The molecule has 2 atom stereocenters. The minimum atomic E-state index is 0.521. The highest BCUT2D eigenvalue weighted by molar-refractivity contribution is 7.80. The van der Waals surface area contributed by atoms with Crippen LogP contribution in [0.2, 0.25) is 0 Å². The van der Waals surface area contributed by atoms with Crippen LogP contribution < -0.4 is 5.32 Å².